The van der Waals surface area contributed by atoms with Crippen molar-refractivity contribution in [1.29, 1.82) is 0 Å². The number of aromatic amines is 1. The third-order valence-corrected chi connectivity index (χ3v) is 4.17. The third-order valence-electron chi connectivity index (χ3n) is 4.17. The summed E-state index contributed by atoms with van der Waals surface area (Å²) in [5, 5.41) is 3.91. The summed E-state index contributed by atoms with van der Waals surface area (Å²) in [5.74, 6) is 1.29. The van der Waals surface area contributed by atoms with Crippen LogP contribution >= 0.6 is 0 Å². The smallest absolute Gasteiger partial charge is 0.264 e. The summed E-state index contributed by atoms with van der Waals surface area (Å²) in [5.41, 5.74) is 1.35. The summed E-state index contributed by atoms with van der Waals surface area (Å²) in [6.45, 7) is 6.21. The molecule has 2 heterocycles. The lowest BCUT2D eigenvalue weighted by molar-refractivity contribution is 0.0767. The summed E-state index contributed by atoms with van der Waals surface area (Å²) in [6, 6.07) is 7.59. The Morgan fingerprint density at radius 2 is 1.96 bits per heavy atom. The van der Waals surface area contributed by atoms with Crippen LogP contribution in [-0.4, -0.2) is 38.0 Å². The van der Waals surface area contributed by atoms with E-state index in [4.69, 9.17) is 4.52 Å². The summed E-state index contributed by atoms with van der Waals surface area (Å²) >= 11 is 0. The molecule has 3 rings (SSSR count). The second-order valence-corrected chi connectivity index (χ2v) is 7.20. The first kappa shape index (κ1) is 19.5. The van der Waals surface area contributed by atoms with Gasteiger partial charge in [-0.1, -0.05) is 48.8 Å². The van der Waals surface area contributed by atoms with Crippen LogP contribution in [0.2, 0.25) is 0 Å². The minimum absolute atomic E-state index is 0.0414. The number of rotatable bonds is 6. The first-order chi connectivity index (χ1) is 13.3. The molecule has 0 aliphatic heterocycles. The topological polar surface area (TPSA) is 105 Å². The Morgan fingerprint density at radius 3 is 2.61 bits per heavy atom. The minimum atomic E-state index is -0.492. The molecular formula is C20H23N5O3. The number of H-pyrrole nitrogens is 1. The molecule has 0 unspecified atom stereocenters. The highest BCUT2D eigenvalue weighted by atomic mass is 16.5. The van der Waals surface area contributed by atoms with Gasteiger partial charge in [-0.25, -0.2) is 4.98 Å². The van der Waals surface area contributed by atoms with Crippen molar-refractivity contribution in [3.63, 3.8) is 0 Å². The van der Waals surface area contributed by atoms with Crippen LogP contribution in [0.25, 0.3) is 11.4 Å². The Balaban J connectivity index is 1.73. The maximum Gasteiger partial charge on any atom is 0.264 e. The van der Waals surface area contributed by atoms with Crippen LogP contribution in [0.15, 0.2) is 39.8 Å². The second kappa shape index (κ2) is 8.16. The summed E-state index contributed by atoms with van der Waals surface area (Å²) in [4.78, 5) is 37.6. The van der Waals surface area contributed by atoms with E-state index in [1.807, 2.05) is 31.2 Å². The Kier molecular flexibility index (Phi) is 5.67. The molecule has 0 radical (unpaired) electrons. The number of aromatic nitrogens is 4. The van der Waals surface area contributed by atoms with Crippen LogP contribution in [0.5, 0.6) is 0 Å². The predicted molar refractivity (Wildman–Crippen MR) is 104 cm³/mol. The fraction of sp³-hybridized carbons (Fsp3) is 0.350. The first-order valence-electron chi connectivity index (χ1n) is 9.06. The molecule has 3 aromatic rings. The van der Waals surface area contributed by atoms with E-state index in [1.165, 1.54) is 11.1 Å². The molecule has 0 atom stereocenters. The summed E-state index contributed by atoms with van der Waals surface area (Å²) in [7, 11) is 1.57. The molecule has 1 amide bonds. The second-order valence-electron chi connectivity index (χ2n) is 7.20. The van der Waals surface area contributed by atoms with Gasteiger partial charge in [-0.2, -0.15) is 4.98 Å². The van der Waals surface area contributed by atoms with E-state index in [-0.39, 0.29) is 12.1 Å². The average molecular weight is 381 g/mol. The van der Waals surface area contributed by atoms with Crippen molar-refractivity contribution in [1.82, 2.24) is 25.0 Å². The molecule has 1 aromatic carbocycles. The van der Waals surface area contributed by atoms with Gasteiger partial charge in [-0.15, -0.1) is 0 Å². The van der Waals surface area contributed by atoms with Gasteiger partial charge in [-0.05, 0) is 12.8 Å². The molecule has 0 aliphatic rings. The van der Waals surface area contributed by atoms with E-state index in [1.54, 1.807) is 7.05 Å². The van der Waals surface area contributed by atoms with Gasteiger partial charge in [-0.3, -0.25) is 9.59 Å². The highest BCUT2D eigenvalue weighted by Crippen LogP contribution is 2.14. The van der Waals surface area contributed by atoms with Gasteiger partial charge < -0.3 is 14.4 Å². The normalized spacial score (nSPS) is 11.0. The molecular weight excluding hydrogens is 358 g/mol. The zero-order chi connectivity index (χ0) is 20.3. The fourth-order valence-corrected chi connectivity index (χ4v) is 2.69. The van der Waals surface area contributed by atoms with Crippen LogP contribution in [0, 0.1) is 12.8 Å². The number of nitrogens with zero attached hydrogens (tertiary/aromatic N) is 4. The maximum absolute atomic E-state index is 12.6. The fourth-order valence-electron chi connectivity index (χ4n) is 2.69. The van der Waals surface area contributed by atoms with Gasteiger partial charge in [0.2, 0.25) is 5.89 Å². The molecule has 0 spiro atoms. The third kappa shape index (κ3) is 4.51. The summed E-state index contributed by atoms with van der Waals surface area (Å²) in [6.07, 6.45) is 2.00. The number of hydrogen-bond acceptors (Lipinski definition) is 6. The van der Waals surface area contributed by atoms with Crippen LogP contribution in [-0.2, 0) is 13.0 Å². The molecule has 28 heavy (non-hydrogen) atoms. The molecule has 146 valence electrons. The minimum Gasteiger partial charge on any atom is -0.337 e. The molecule has 8 heteroatoms. The number of nitrogens with one attached hydrogen (secondary N) is 1. The van der Waals surface area contributed by atoms with E-state index in [0.29, 0.717) is 29.9 Å². The number of hydrogen-bond donors (Lipinski definition) is 1. The van der Waals surface area contributed by atoms with Crippen molar-refractivity contribution in [2.24, 2.45) is 5.92 Å². The largest absolute Gasteiger partial charge is 0.337 e. The molecule has 8 nitrogen and oxygen atoms in total. The van der Waals surface area contributed by atoms with Gasteiger partial charge >= 0.3 is 0 Å². The van der Waals surface area contributed by atoms with Crippen molar-refractivity contribution < 1.29 is 9.32 Å². The van der Waals surface area contributed by atoms with Crippen molar-refractivity contribution >= 4 is 5.91 Å². The van der Waals surface area contributed by atoms with Crippen LogP contribution in [0.4, 0.5) is 0 Å². The maximum atomic E-state index is 12.6. The molecule has 0 saturated carbocycles. The van der Waals surface area contributed by atoms with Crippen molar-refractivity contribution in [2.75, 3.05) is 7.05 Å². The van der Waals surface area contributed by atoms with E-state index >= 15 is 0 Å². The Bertz CT molecular complexity index is 1020. The molecule has 0 fully saturated rings. The Morgan fingerprint density at radius 1 is 1.25 bits per heavy atom. The van der Waals surface area contributed by atoms with E-state index in [2.05, 4.69) is 34.0 Å². The standard InChI is InChI=1S/C20H23N5O3/c1-12(2)9-16-22-17(28-24-16)11-25(4)20(27)15-10-21-18(23-19(15)26)14-7-5-13(3)6-8-14/h5-8,10,12H,9,11H2,1-4H3,(H,21,23,26). The highest BCUT2D eigenvalue weighted by molar-refractivity contribution is 5.93. The average Bonchev–Trinajstić information content (AvgIpc) is 3.07. The SMILES string of the molecule is Cc1ccc(-c2ncc(C(=O)N(C)Cc3nc(CC(C)C)no3)c(=O)[nH]2)cc1. The number of carbonyl (C=O) groups is 1. The lowest BCUT2D eigenvalue weighted by Gasteiger charge is -2.14. The van der Waals surface area contributed by atoms with Gasteiger partial charge in [0.05, 0.1) is 6.54 Å². The van der Waals surface area contributed by atoms with Gasteiger partial charge in [0.1, 0.15) is 11.4 Å². The number of aryl methyl sites for hydroxylation is 1. The van der Waals surface area contributed by atoms with Crippen LogP contribution in [0.1, 0.15) is 41.5 Å². The zero-order valence-electron chi connectivity index (χ0n) is 16.4. The van der Waals surface area contributed by atoms with E-state index in [0.717, 1.165) is 11.1 Å². The molecule has 0 aliphatic carbocycles. The predicted octanol–water partition coefficient (Wildman–Crippen LogP) is 2.60. The molecule has 0 bridgehead atoms. The summed E-state index contributed by atoms with van der Waals surface area (Å²) < 4.78 is 5.18. The van der Waals surface area contributed by atoms with Gasteiger partial charge in [0.25, 0.3) is 11.5 Å². The molecule has 1 N–H and O–H groups in total. The monoisotopic (exact) mass is 381 g/mol. The van der Waals surface area contributed by atoms with E-state index in [9.17, 15) is 9.59 Å². The Labute approximate surface area is 162 Å². The van der Waals surface area contributed by atoms with Gasteiger partial charge in [0, 0.05) is 25.2 Å². The van der Waals surface area contributed by atoms with Gasteiger partial charge in [0.15, 0.2) is 5.82 Å². The lowest BCUT2D eigenvalue weighted by atomic mass is 10.1. The number of amides is 1. The molecule has 0 saturated heterocycles. The van der Waals surface area contributed by atoms with Crippen LogP contribution < -0.4 is 5.56 Å². The molecule has 2 aromatic heterocycles. The quantitative estimate of drug-likeness (QED) is 0.704. The van der Waals surface area contributed by atoms with Crippen LogP contribution in [0.3, 0.4) is 0 Å². The Hall–Kier alpha value is -3.29. The number of benzene rings is 1. The highest BCUT2D eigenvalue weighted by Gasteiger charge is 2.19. The zero-order valence-corrected chi connectivity index (χ0v) is 16.4. The number of carbonyl (C=O) groups excluding carboxylic acids is 1. The van der Waals surface area contributed by atoms with Crippen molar-refractivity contribution in [3.05, 3.63) is 63.7 Å². The lowest BCUT2D eigenvalue weighted by Crippen LogP contribution is -2.31. The van der Waals surface area contributed by atoms with E-state index < -0.39 is 11.5 Å². The van der Waals surface area contributed by atoms with Crippen molar-refractivity contribution in [3.8, 4) is 11.4 Å². The van der Waals surface area contributed by atoms with Crippen molar-refractivity contribution in [2.45, 2.75) is 33.7 Å². The first-order valence-corrected chi connectivity index (χ1v) is 9.06.